The first kappa shape index (κ1) is 12.7. The second kappa shape index (κ2) is 5.00. The SMILES string of the molecule is CCC(OC(=O)O)C1c2ccccc2-c2ccccc21. The number of hydrogen-bond donors (Lipinski definition) is 1. The van der Waals surface area contributed by atoms with Crippen LogP contribution in [0.4, 0.5) is 4.79 Å². The zero-order valence-electron chi connectivity index (χ0n) is 11.2. The van der Waals surface area contributed by atoms with Gasteiger partial charge in [-0.1, -0.05) is 55.5 Å². The summed E-state index contributed by atoms with van der Waals surface area (Å²) in [6.07, 6.45) is -0.907. The van der Waals surface area contributed by atoms with Crippen LogP contribution in [0.2, 0.25) is 0 Å². The van der Waals surface area contributed by atoms with Crippen LogP contribution >= 0.6 is 0 Å². The van der Waals surface area contributed by atoms with Gasteiger partial charge in [0, 0.05) is 5.92 Å². The summed E-state index contributed by atoms with van der Waals surface area (Å²) in [7, 11) is 0. The lowest BCUT2D eigenvalue weighted by Crippen LogP contribution is -2.23. The van der Waals surface area contributed by atoms with E-state index in [9.17, 15) is 4.79 Å². The summed E-state index contributed by atoms with van der Waals surface area (Å²) in [5.41, 5.74) is 4.67. The molecule has 3 rings (SSSR count). The number of carboxylic acid groups (broad SMARTS) is 1. The third-order valence-electron chi connectivity index (χ3n) is 3.91. The van der Waals surface area contributed by atoms with E-state index in [2.05, 4.69) is 24.3 Å². The monoisotopic (exact) mass is 268 g/mol. The molecule has 20 heavy (non-hydrogen) atoms. The first-order valence-corrected chi connectivity index (χ1v) is 6.80. The molecule has 1 aliphatic rings. The molecule has 1 aliphatic carbocycles. The Balaban J connectivity index is 2.13. The summed E-state index contributed by atoms with van der Waals surface area (Å²) in [5, 5.41) is 8.95. The molecule has 1 atom stereocenters. The lowest BCUT2D eigenvalue weighted by Gasteiger charge is -2.23. The highest BCUT2D eigenvalue weighted by atomic mass is 16.7. The second-order valence-corrected chi connectivity index (χ2v) is 4.98. The van der Waals surface area contributed by atoms with Crippen molar-refractivity contribution in [3.8, 4) is 11.1 Å². The molecule has 3 nitrogen and oxygen atoms in total. The minimum absolute atomic E-state index is 0.0106. The lowest BCUT2D eigenvalue weighted by molar-refractivity contribution is 0.0438. The molecule has 0 spiro atoms. The fourth-order valence-electron chi connectivity index (χ4n) is 3.11. The summed E-state index contributed by atoms with van der Waals surface area (Å²) in [6.45, 7) is 1.96. The molecule has 0 bridgehead atoms. The van der Waals surface area contributed by atoms with Crippen LogP contribution in [0.25, 0.3) is 11.1 Å². The Kier molecular flexibility index (Phi) is 3.18. The Bertz CT molecular complexity index is 603. The molecular formula is C17H16O3. The topological polar surface area (TPSA) is 46.5 Å². The Morgan fingerprint density at radius 1 is 1.10 bits per heavy atom. The number of hydrogen-bond acceptors (Lipinski definition) is 2. The van der Waals surface area contributed by atoms with Gasteiger partial charge in [0.05, 0.1) is 0 Å². The largest absolute Gasteiger partial charge is 0.506 e. The smallest absolute Gasteiger partial charge is 0.450 e. The van der Waals surface area contributed by atoms with Crippen molar-refractivity contribution in [2.24, 2.45) is 0 Å². The van der Waals surface area contributed by atoms with E-state index in [0.717, 1.165) is 11.1 Å². The minimum Gasteiger partial charge on any atom is -0.450 e. The summed E-state index contributed by atoms with van der Waals surface area (Å²) in [5.74, 6) is -0.0106. The molecule has 0 heterocycles. The standard InChI is InChI=1S/C17H16O3/c1-2-15(20-17(18)19)16-13-9-5-3-7-11(13)12-8-4-6-10-14(12)16/h3-10,15-16H,2H2,1H3,(H,18,19). The maximum atomic E-state index is 10.9. The van der Waals surface area contributed by atoms with Crippen molar-refractivity contribution in [2.75, 3.05) is 0 Å². The second-order valence-electron chi connectivity index (χ2n) is 4.98. The van der Waals surface area contributed by atoms with Crippen molar-refractivity contribution < 1.29 is 14.6 Å². The number of benzene rings is 2. The molecule has 0 aliphatic heterocycles. The fourth-order valence-corrected chi connectivity index (χ4v) is 3.11. The van der Waals surface area contributed by atoms with E-state index in [1.807, 2.05) is 31.2 Å². The van der Waals surface area contributed by atoms with Crippen LogP contribution in [0, 0.1) is 0 Å². The molecule has 0 amide bonds. The van der Waals surface area contributed by atoms with Crippen LogP contribution in [0.1, 0.15) is 30.4 Å². The number of ether oxygens (including phenoxy) is 1. The van der Waals surface area contributed by atoms with E-state index < -0.39 is 6.16 Å². The van der Waals surface area contributed by atoms with Gasteiger partial charge < -0.3 is 9.84 Å². The van der Waals surface area contributed by atoms with Crippen molar-refractivity contribution in [1.29, 1.82) is 0 Å². The van der Waals surface area contributed by atoms with Gasteiger partial charge in [0.2, 0.25) is 0 Å². The molecule has 2 aromatic carbocycles. The van der Waals surface area contributed by atoms with Crippen molar-refractivity contribution in [2.45, 2.75) is 25.4 Å². The quantitative estimate of drug-likeness (QED) is 0.845. The average molecular weight is 268 g/mol. The summed E-state index contributed by atoms with van der Waals surface area (Å²) >= 11 is 0. The molecule has 1 unspecified atom stereocenters. The molecule has 0 fully saturated rings. The molecule has 2 aromatic rings. The van der Waals surface area contributed by atoms with Gasteiger partial charge in [-0.05, 0) is 28.7 Å². The highest BCUT2D eigenvalue weighted by Crippen LogP contribution is 2.47. The van der Waals surface area contributed by atoms with Crippen LogP contribution in [0.3, 0.4) is 0 Å². The third-order valence-corrected chi connectivity index (χ3v) is 3.91. The number of rotatable bonds is 3. The van der Waals surface area contributed by atoms with Crippen LogP contribution in [-0.2, 0) is 4.74 Å². The summed E-state index contributed by atoms with van der Waals surface area (Å²) < 4.78 is 5.11. The molecule has 0 radical (unpaired) electrons. The zero-order valence-corrected chi connectivity index (χ0v) is 11.2. The molecular weight excluding hydrogens is 252 g/mol. The van der Waals surface area contributed by atoms with Gasteiger partial charge in [0.15, 0.2) is 0 Å². The predicted molar refractivity (Wildman–Crippen MR) is 76.9 cm³/mol. The van der Waals surface area contributed by atoms with E-state index in [1.165, 1.54) is 11.1 Å². The molecule has 1 N–H and O–H groups in total. The van der Waals surface area contributed by atoms with Gasteiger partial charge in [-0.15, -0.1) is 0 Å². The molecule has 0 saturated carbocycles. The zero-order chi connectivity index (χ0) is 14.1. The van der Waals surface area contributed by atoms with Crippen LogP contribution in [0.5, 0.6) is 0 Å². The third kappa shape index (κ3) is 1.95. The van der Waals surface area contributed by atoms with Gasteiger partial charge >= 0.3 is 6.16 Å². The normalized spacial score (nSPS) is 14.4. The molecule has 0 aromatic heterocycles. The van der Waals surface area contributed by atoms with Gasteiger partial charge in [0.1, 0.15) is 6.10 Å². The van der Waals surface area contributed by atoms with Crippen molar-refractivity contribution in [1.82, 2.24) is 0 Å². The van der Waals surface area contributed by atoms with E-state index in [0.29, 0.717) is 6.42 Å². The van der Waals surface area contributed by atoms with Crippen molar-refractivity contribution in [3.05, 3.63) is 59.7 Å². The fraction of sp³-hybridized carbons (Fsp3) is 0.235. The lowest BCUT2D eigenvalue weighted by atomic mass is 9.90. The Hall–Kier alpha value is -2.29. The Morgan fingerprint density at radius 3 is 2.05 bits per heavy atom. The molecule has 3 heteroatoms. The van der Waals surface area contributed by atoms with Crippen molar-refractivity contribution in [3.63, 3.8) is 0 Å². The van der Waals surface area contributed by atoms with Crippen LogP contribution in [-0.4, -0.2) is 17.4 Å². The van der Waals surface area contributed by atoms with Gasteiger partial charge in [-0.25, -0.2) is 4.79 Å². The first-order valence-electron chi connectivity index (χ1n) is 6.80. The molecule has 0 saturated heterocycles. The highest BCUT2D eigenvalue weighted by Gasteiger charge is 2.35. The van der Waals surface area contributed by atoms with Crippen LogP contribution in [0.15, 0.2) is 48.5 Å². The maximum Gasteiger partial charge on any atom is 0.506 e. The van der Waals surface area contributed by atoms with E-state index >= 15 is 0 Å². The average Bonchev–Trinajstić information content (AvgIpc) is 2.79. The number of fused-ring (bicyclic) bond motifs is 3. The molecule has 102 valence electrons. The summed E-state index contributed by atoms with van der Waals surface area (Å²) in [6, 6.07) is 16.3. The van der Waals surface area contributed by atoms with E-state index in [4.69, 9.17) is 9.84 Å². The van der Waals surface area contributed by atoms with Gasteiger partial charge in [-0.2, -0.15) is 0 Å². The van der Waals surface area contributed by atoms with Crippen molar-refractivity contribution >= 4 is 6.16 Å². The maximum absolute atomic E-state index is 10.9. The van der Waals surface area contributed by atoms with Gasteiger partial charge in [0.25, 0.3) is 0 Å². The van der Waals surface area contributed by atoms with E-state index in [1.54, 1.807) is 0 Å². The van der Waals surface area contributed by atoms with E-state index in [-0.39, 0.29) is 12.0 Å². The number of carbonyl (C=O) groups is 1. The highest BCUT2D eigenvalue weighted by molar-refractivity contribution is 5.79. The van der Waals surface area contributed by atoms with Crippen LogP contribution < -0.4 is 0 Å². The summed E-state index contributed by atoms with van der Waals surface area (Å²) in [4.78, 5) is 10.9. The predicted octanol–water partition coefficient (Wildman–Crippen LogP) is 4.27. The Morgan fingerprint density at radius 2 is 1.60 bits per heavy atom. The minimum atomic E-state index is -1.21. The Labute approximate surface area is 117 Å². The van der Waals surface area contributed by atoms with Gasteiger partial charge in [-0.3, -0.25) is 0 Å². The first-order chi connectivity index (χ1) is 9.72.